The molecule has 1 amide bonds. The Bertz CT molecular complexity index is 675. The van der Waals surface area contributed by atoms with Crippen LogP contribution in [0.3, 0.4) is 0 Å². The van der Waals surface area contributed by atoms with Crippen LogP contribution in [0.25, 0.3) is 0 Å². The molecule has 5 nitrogen and oxygen atoms in total. The molecule has 0 spiro atoms. The number of ether oxygens (including phenoxy) is 1. The smallest absolute Gasteiger partial charge is 0.251 e. The highest BCUT2D eigenvalue weighted by atomic mass is 35.5. The highest BCUT2D eigenvalue weighted by Gasteiger charge is 2.17. The number of amides is 1. The van der Waals surface area contributed by atoms with E-state index in [4.69, 9.17) is 16.3 Å². The third kappa shape index (κ3) is 4.21. The van der Waals surface area contributed by atoms with Gasteiger partial charge in [-0.05, 0) is 31.2 Å². The van der Waals surface area contributed by atoms with Gasteiger partial charge in [0, 0.05) is 23.7 Å². The highest BCUT2D eigenvalue weighted by Crippen LogP contribution is 2.20. The molecule has 1 fully saturated rings. The first kappa shape index (κ1) is 15.8. The molecule has 1 saturated heterocycles. The highest BCUT2D eigenvalue weighted by molar-refractivity contribution is 6.30. The van der Waals surface area contributed by atoms with Crippen molar-refractivity contribution in [2.45, 2.75) is 19.0 Å². The van der Waals surface area contributed by atoms with E-state index in [1.165, 1.54) is 0 Å². The number of aromatic nitrogens is 1. The standard InChI is InChI=1S/C17H18ClN3O2/c18-16-13(9-21-17(22)12-4-2-1-3-5-12)8-15(10-20-16)23-11-14-6-7-19-14/h1-5,8,10,14,19H,6-7,9,11H2,(H,21,22). The Morgan fingerprint density at radius 1 is 1.39 bits per heavy atom. The normalized spacial score (nSPS) is 16.5. The number of nitrogens with zero attached hydrogens (tertiary/aromatic N) is 1. The first-order chi connectivity index (χ1) is 11.2. The van der Waals surface area contributed by atoms with Crippen LogP contribution in [0.15, 0.2) is 42.6 Å². The minimum Gasteiger partial charge on any atom is -0.490 e. The second kappa shape index (κ2) is 7.44. The van der Waals surface area contributed by atoms with Gasteiger partial charge >= 0.3 is 0 Å². The van der Waals surface area contributed by atoms with E-state index in [1.54, 1.807) is 18.3 Å². The SMILES string of the molecule is O=C(NCc1cc(OCC2CCN2)cnc1Cl)c1ccccc1. The molecule has 2 aromatic rings. The third-order valence-corrected chi connectivity index (χ3v) is 4.08. The van der Waals surface area contributed by atoms with E-state index in [1.807, 2.05) is 24.3 Å². The summed E-state index contributed by atoms with van der Waals surface area (Å²) in [6.45, 7) is 1.96. The molecule has 0 aliphatic carbocycles. The molecular weight excluding hydrogens is 314 g/mol. The van der Waals surface area contributed by atoms with E-state index in [2.05, 4.69) is 15.6 Å². The molecule has 120 valence electrons. The monoisotopic (exact) mass is 331 g/mol. The van der Waals surface area contributed by atoms with E-state index in [0.29, 0.717) is 35.7 Å². The second-order valence-electron chi connectivity index (χ2n) is 5.42. The lowest BCUT2D eigenvalue weighted by atomic mass is 10.1. The number of hydrogen-bond donors (Lipinski definition) is 2. The predicted molar refractivity (Wildman–Crippen MR) is 88.8 cm³/mol. The first-order valence-corrected chi connectivity index (χ1v) is 7.94. The maximum Gasteiger partial charge on any atom is 0.251 e. The average molecular weight is 332 g/mol. The summed E-state index contributed by atoms with van der Waals surface area (Å²) in [6.07, 6.45) is 2.73. The number of halogens is 1. The van der Waals surface area contributed by atoms with Gasteiger partial charge in [-0.1, -0.05) is 29.8 Å². The van der Waals surface area contributed by atoms with E-state index < -0.39 is 0 Å². The summed E-state index contributed by atoms with van der Waals surface area (Å²) >= 11 is 6.10. The lowest BCUT2D eigenvalue weighted by molar-refractivity contribution is 0.0951. The maximum absolute atomic E-state index is 12.1. The minimum atomic E-state index is -0.147. The number of carbonyl (C=O) groups is 1. The van der Waals surface area contributed by atoms with Gasteiger partial charge in [-0.15, -0.1) is 0 Å². The molecule has 0 bridgehead atoms. The van der Waals surface area contributed by atoms with Crippen molar-refractivity contribution >= 4 is 17.5 Å². The Balaban J connectivity index is 1.59. The predicted octanol–water partition coefficient (Wildman–Crippen LogP) is 2.41. The lowest BCUT2D eigenvalue weighted by Crippen LogP contribution is -2.46. The molecule has 1 atom stereocenters. The van der Waals surface area contributed by atoms with Gasteiger partial charge in [0.2, 0.25) is 0 Å². The molecule has 1 aliphatic heterocycles. The topological polar surface area (TPSA) is 63.2 Å². The Kier molecular flexibility index (Phi) is 5.10. The number of nitrogens with one attached hydrogen (secondary N) is 2. The van der Waals surface area contributed by atoms with E-state index in [-0.39, 0.29) is 5.91 Å². The van der Waals surface area contributed by atoms with Crippen molar-refractivity contribution < 1.29 is 9.53 Å². The van der Waals surface area contributed by atoms with Crippen LogP contribution in [-0.2, 0) is 6.54 Å². The molecule has 1 aliphatic rings. The largest absolute Gasteiger partial charge is 0.490 e. The van der Waals surface area contributed by atoms with Crippen molar-refractivity contribution in [2.24, 2.45) is 0 Å². The van der Waals surface area contributed by atoms with Gasteiger partial charge in [0.25, 0.3) is 5.91 Å². The van der Waals surface area contributed by atoms with Crippen LogP contribution < -0.4 is 15.4 Å². The van der Waals surface area contributed by atoms with Crippen LogP contribution in [-0.4, -0.2) is 30.1 Å². The number of hydrogen-bond acceptors (Lipinski definition) is 4. The summed E-state index contributed by atoms with van der Waals surface area (Å²) in [4.78, 5) is 16.2. The maximum atomic E-state index is 12.1. The van der Waals surface area contributed by atoms with E-state index in [9.17, 15) is 4.79 Å². The van der Waals surface area contributed by atoms with Gasteiger partial charge in [-0.2, -0.15) is 0 Å². The molecule has 3 rings (SSSR count). The van der Waals surface area contributed by atoms with Crippen LogP contribution in [0.4, 0.5) is 0 Å². The summed E-state index contributed by atoms with van der Waals surface area (Å²) < 4.78 is 5.70. The van der Waals surface area contributed by atoms with Crippen LogP contribution in [0, 0.1) is 0 Å². The molecule has 1 aromatic heterocycles. The molecule has 1 unspecified atom stereocenters. The van der Waals surface area contributed by atoms with Crippen LogP contribution in [0.2, 0.25) is 5.15 Å². The number of rotatable bonds is 6. The third-order valence-electron chi connectivity index (χ3n) is 3.74. The zero-order chi connectivity index (χ0) is 16.1. The van der Waals surface area contributed by atoms with Crippen LogP contribution in [0.5, 0.6) is 5.75 Å². The Morgan fingerprint density at radius 2 is 2.17 bits per heavy atom. The molecule has 6 heteroatoms. The zero-order valence-electron chi connectivity index (χ0n) is 12.6. The Labute approximate surface area is 140 Å². The van der Waals surface area contributed by atoms with Gasteiger partial charge in [0.05, 0.1) is 6.20 Å². The average Bonchev–Trinajstić information content (AvgIpc) is 2.54. The van der Waals surface area contributed by atoms with Crippen LogP contribution >= 0.6 is 11.6 Å². The molecule has 2 N–H and O–H groups in total. The fraction of sp³-hybridized carbons (Fsp3) is 0.294. The van der Waals surface area contributed by atoms with Crippen molar-refractivity contribution in [2.75, 3.05) is 13.2 Å². The van der Waals surface area contributed by atoms with Gasteiger partial charge in [0.1, 0.15) is 17.5 Å². The number of benzene rings is 1. The molecule has 0 radical (unpaired) electrons. The van der Waals surface area contributed by atoms with Gasteiger partial charge < -0.3 is 15.4 Å². The Hall–Kier alpha value is -2.11. The molecule has 2 heterocycles. The van der Waals surface area contributed by atoms with Gasteiger partial charge in [-0.3, -0.25) is 4.79 Å². The summed E-state index contributed by atoms with van der Waals surface area (Å²) in [7, 11) is 0. The summed E-state index contributed by atoms with van der Waals surface area (Å²) in [6, 6.07) is 11.3. The second-order valence-corrected chi connectivity index (χ2v) is 5.78. The summed E-state index contributed by atoms with van der Waals surface area (Å²) in [5.74, 6) is 0.513. The molecule has 1 aromatic carbocycles. The molecular formula is C17H18ClN3O2. The van der Waals surface area contributed by atoms with E-state index in [0.717, 1.165) is 18.5 Å². The summed E-state index contributed by atoms with van der Waals surface area (Å²) in [5, 5.41) is 6.48. The lowest BCUT2D eigenvalue weighted by Gasteiger charge is -2.27. The number of carbonyl (C=O) groups excluding carboxylic acids is 1. The fourth-order valence-corrected chi connectivity index (χ4v) is 2.40. The van der Waals surface area contributed by atoms with E-state index >= 15 is 0 Å². The molecule has 0 saturated carbocycles. The van der Waals surface area contributed by atoms with Crippen LogP contribution in [0.1, 0.15) is 22.3 Å². The minimum absolute atomic E-state index is 0.147. The first-order valence-electron chi connectivity index (χ1n) is 7.56. The van der Waals surface area contributed by atoms with Crippen molar-refractivity contribution in [3.8, 4) is 5.75 Å². The Morgan fingerprint density at radius 3 is 2.87 bits per heavy atom. The van der Waals surface area contributed by atoms with Crippen molar-refractivity contribution in [1.82, 2.24) is 15.6 Å². The number of pyridine rings is 1. The van der Waals surface area contributed by atoms with Gasteiger partial charge in [0.15, 0.2) is 0 Å². The van der Waals surface area contributed by atoms with Crippen molar-refractivity contribution in [1.29, 1.82) is 0 Å². The fourth-order valence-electron chi connectivity index (χ4n) is 2.23. The summed E-state index contributed by atoms with van der Waals surface area (Å²) in [5.41, 5.74) is 1.34. The quantitative estimate of drug-likeness (QED) is 0.798. The molecule has 23 heavy (non-hydrogen) atoms. The van der Waals surface area contributed by atoms with Crippen molar-refractivity contribution in [3.05, 3.63) is 58.9 Å². The zero-order valence-corrected chi connectivity index (χ0v) is 13.3. The van der Waals surface area contributed by atoms with Gasteiger partial charge in [-0.25, -0.2) is 4.98 Å². The van der Waals surface area contributed by atoms with Crippen molar-refractivity contribution in [3.63, 3.8) is 0 Å².